The van der Waals surface area contributed by atoms with Gasteiger partial charge in [-0.1, -0.05) is 41.9 Å². The molecule has 4 nitrogen and oxygen atoms in total. The predicted molar refractivity (Wildman–Crippen MR) is 92.0 cm³/mol. The monoisotopic (exact) mass is 328 g/mol. The number of fused-ring (bicyclic) bond motifs is 1. The van der Waals surface area contributed by atoms with Crippen LogP contribution in [0.15, 0.2) is 36.4 Å². The van der Waals surface area contributed by atoms with E-state index in [0.29, 0.717) is 10.9 Å². The van der Waals surface area contributed by atoms with Crippen LogP contribution in [0, 0.1) is 13.8 Å². The largest absolute Gasteiger partial charge is 0.467 e. The van der Waals surface area contributed by atoms with Crippen molar-refractivity contribution in [3.63, 3.8) is 0 Å². The molecule has 23 heavy (non-hydrogen) atoms. The van der Waals surface area contributed by atoms with Gasteiger partial charge in [-0.2, -0.15) is 0 Å². The molecule has 118 valence electrons. The molecule has 3 rings (SSSR count). The maximum atomic E-state index is 6.09. The summed E-state index contributed by atoms with van der Waals surface area (Å²) in [5.74, 6) is 0.713. The van der Waals surface area contributed by atoms with Crippen LogP contribution >= 0.6 is 11.6 Å². The van der Waals surface area contributed by atoms with E-state index in [1.165, 1.54) is 0 Å². The highest BCUT2D eigenvalue weighted by Crippen LogP contribution is 2.38. The molecule has 2 aromatic carbocycles. The predicted octanol–water partition coefficient (Wildman–Crippen LogP) is 4.55. The number of halogens is 1. The average Bonchev–Trinajstić information content (AvgIpc) is 2.58. The molecule has 0 saturated carbocycles. The summed E-state index contributed by atoms with van der Waals surface area (Å²) in [4.78, 5) is 0. The highest BCUT2D eigenvalue weighted by atomic mass is 35.5. The van der Waals surface area contributed by atoms with Crippen molar-refractivity contribution in [2.45, 2.75) is 13.8 Å². The Kier molecular flexibility index (Phi) is 4.46. The quantitative estimate of drug-likeness (QED) is 0.659. The lowest BCUT2D eigenvalue weighted by molar-refractivity contribution is 0.0516. The molecule has 1 aromatic heterocycles. The molecule has 0 amide bonds. The zero-order valence-electron chi connectivity index (χ0n) is 13.3. The normalized spacial score (nSPS) is 11.0. The van der Waals surface area contributed by atoms with Crippen LogP contribution in [0.5, 0.6) is 5.75 Å². The van der Waals surface area contributed by atoms with Crippen LogP contribution in [0.4, 0.5) is 0 Å². The third-order valence-electron chi connectivity index (χ3n) is 3.92. The van der Waals surface area contributed by atoms with E-state index < -0.39 is 0 Å². The first-order valence-electron chi connectivity index (χ1n) is 7.26. The van der Waals surface area contributed by atoms with Crippen LogP contribution in [-0.2, 0) is 4.74 Å². The van der Waals surface area contributed by atoms with Crippen molar-refractivity contribution < 1.29 is 9.47 Å². The van der Waals surface area contributed by atoms with Gasteiger partial charge in [0.25, 0.3) is 0 Å². The minimum absolute atomic E-state index is 0.171. The van der Waals surface area contributed by atoms with Crippen molar-refractivity contribution >= 4 is 22.4 Å². The molecule has 0 fully saturated rings. The Bertz CT molecular complexity index is 865. The summed E-state index contributed by atoms with van der Waals surface area (Å²) in [6, 6.07) is 12.1. The molecule has 3 aromatic rings. The van der Waals surface area contributed by atoms with E-state index in [0.717, 1.165) is 33.2 Å². The molecule has 0 N–H and O–H groups in total. The van der Waals surface area contributed by atoms with Gasteiger partial charge in [0.05, 0.1) is 5.56 Å². The number of hydrogen-bond acceptors (Lipinski definition) is 4. The summed E-state index contributed by atoms with van der Waals surface area (Å²) < 4.78 is 10.8. The number of ether oxygens (including phenoxy) is 2. The number of benzene rings is 2. The van der Waals surface area contributed by atoms with Crippen LogP contribution in [0.2, 0.25) is 5.15 Å². The van der Waals surface area contributed by atoms with E-state index in [1.807, 2.05) is 38.1 Å². The number of rotatable bonds is 4. The van der Waals surface area contributed by atoms with Gasteiger partial charge in [-0.05, 0) is 41.8 Å². The van der Waals surface area contributed by atoms with Crippen LogP contribution in [0.1, 0.15) is 11.1 Å². The topological polar surface area (TPSA) is 44.2 Å². The molecule has 0 bridgehead atoms. The third kappa shape index (κ3) is 2.87. The van der Waals surface area contributed by atoms with Crippen LogP contribution < -0.4 is 4.74 Å². The minimum Gasteiger partial charge on any atom is -0.467 e. The smallest absolute Gasteiger partial charge is 0.188 e. The molecular weight excluding hydrogens is 312 g/mol. The number of nitrogens with zero attached hydrogens (tertiary/aromatic N) is 2. The van der Waals surface area contributed by atoms with Gasteiger partial charge in [0, 0.05) is 7.11 Å². The SMILES string of the molecule is COCOc1ccc2ccccc2c1-c1nnc(Cl)c(C)c1C. The number of aromatic nitrogens is 2. The molecule has 0 aliphatic rings. The van der Waals surface area contributed by atoms with Crippen molar-refractivity contribution in [1.82, 2.24) is 10.2 Å². The van der Waals surface area contributed by atoms with E-state index in [2.05, 4.69) is 22.3 Å². The summed E-state index contributed by atoms with van der Waals surface area (Å²) >= 11 is 6.09. The van der Waals surface area contributed by atoms with Crippen molar-refractivity contribution in [2.24, 2.45) is 0 Å². The fourth-order valence-corrected chi connectivity index (χ4v) is 2.73. The van der Waals surface area contributed by atoms with Gasteiger partial charge >= 0.3 is 0 Å². The van der Waals surface area contributed by atoms with E-state index in [1.54, 1.807) is 7.11 Å². The fourth-order valence-electron chi connectivity index (χ4n) is 2.55. The van der Waals surface area contributed by atoms with Gasteiger partial charge in [0.1, 0.15) is 11.4 Å². The summed E-state index contributed by atoms with van der Waals surface area (Å²) in [6.07, 6.45) is 0. The van der Waals surface area contributed by atoms with Gasteiger partial charge in [0.2, 0.25) is 0 Å². The molecule has 0 aliphatic carbocycles. The molecule has 1 heterocycles. The van der Waals surface area contributed by atoms with Gasteiger partial charge in [0.15, 0.2) is 11.9 Å². The standard InChI is InChI=1S/C18H17ClN2O2/c1-11-12(2)18(19)21-20-17(11)16-14-7-5-4-6-13(14)8-9-15(16)23-10-22-3/h4-9H,10H2,1-3H3. The fraction of sp³-hybridized carbons (Fsp3) is 0.222. The van der Waals surface area contributed by atoms with E-state index in [-0.39, 0.29) is 6.79 Å². The Morgan fingerprint density at radius 3 is 2.57 bits per heavy atom. The van der Waals surface area contributed by atoms with E-state index >= 15 is 0 Å². The second kappa shape index (κ2) is 6.52. The Balaban J connectivity index is 2.31. The Hall–Kier alpha value is -2.17. The molecule has 0 spiro atoms. The molecule has 0 atom stereocenters. The van der Waals surface area contributed by atoms with Crippen LogP contribution in [0.3, 0.4) is 0 Å². The summed E-state index contributed by atoms with van der Waals surface area (Å²) in [5, 5.41) is 11.0. The maximum absolute atomic E-state index is 6.09. The summed E-state index contributed by atoms with van der Waals surface area (Å²) in [7, 11) is 1.60. The van der Waals surface area contributed by atoms with Gasteiger partial charge < -0.3 is 9.47 Å². The molecule has 5 heteroatoms. The third-order valence-corrected chi connectivity index (χ3v) is 4.28. The van der Waals surface area contributed by atoms with E-state index in [9.17, 15) is 0 Å². The number of hydrogen-bond donors (Lipinski definition) is 0. The summed E-state index contributed by atoms with van der Waals surface area (Å²) in [6.45, 7) is 4.11. The summed E-state index contributed by atoms with van der Waals surface area (Å²) in [5.41, 5.74) is 3.59. The highest BCUT2D eigenvalue weighted by Gasteiger charge is 2.17. The molecule has 0 unspecified atom stereocenters. The van der Waals surface area contributed by atoms with Crippen LogP contribution in [-0.4, -0.2) is 24.1 Å². The Labute approximate surface area is 140 Å². The first kappa shape index (κ1) is 15.7. The zero-order valence-corrected chi connectivity index (χ0v) is 14.0. The molecular formula is C18H17ClN2O2. The van der Waals surface area contributed by atoms with Crippen molar-refractivity contribution in [3.8, 4) is 17.0 Å². The van der Waals surface area contributed by atoms with Crippen molar-refractivity contribution in [2.75, 3.05) is 13.9 Å². The van der Waals surface area contributed by atoms with Gasteiger partial charge in [-0.3, -0.25) is 0 Å². The molecule has 0 radical (unpaired) electrons. The molecule has 0 saturated heterocycles. The van der Waals surface area contributed by atoms with Crippen molar-refractivity contribution in [3.05, 3.63) is 52.7 Å². The van der Waals surface area contributed by atoms with Crippen molar-refractivity contribution in [1.29, 1.82) is 0 Å². The Morgan fingerprint density at radius 1 is 1.00 bits per heavy atom. The average molecular weight is 329 g/mol. The number of methoxy groups -OCH3 is 1. The second-order valence-corrected chi connectivity index (χ2v) is 5.66. The lowest BCUT2D eigenvalue weighted by Gasteiger charge is -2.15. The van der Waals surface area contributed by atoms with E-state index in [4.69, 9.17) is 21.1 Å². The lowest BCUT2D eigenvalue weighted by atomic mass is 9.97. The maximum Gasteiger partial charge on any atom is 0.188 e. The first-order valence-corrected chi connectivity index (χ1v) is 7.64. The van der Waals surface area contributed by atoms with Gasteiger partial charge in [-0.25, -0.2) is 0 Å². The second-order valence-electron chi connectivity index (χ2n) is 5.30. The lowest BCUT2D eigenvalue weighted by Crippen LogP contribution is -2.03. The Morgan fingerprint density at radius 2 is 1.78 bits per heavy atom. The first-order chi connectivity index (χ1) is 11.1. The van der Waals surface area contributed by atoms with Gasteiger partial charge in [-0.15, -0.1) is 10.2 Å². The zero-order chi connectivity index (χ0) is 16.4. The molecule has 0 aliphatic heterocycles. The minimum atomic E-state index is 0.171. The van der Waals surface area contributed by atoms with Crippen LogP contribution in [0.25, 0.3) is 22.0 Å². The highest BCUT2D eigenvalue weighted by molar-refractivity contribution is 6.30.